The molecule has 0 aliphatic rings. The fourth-order valence-electron chi connectivity index (χ4n) is 2.32. The Morgan fingerprint density at radius 2 is 1.95 bits per heavy atom. The first-order chi connectivity index (χ1) is 9.19. The van der Waals surface area contributed by atoms with Gasteiger partial charge in [-0.15, -0.1) is 0 Å². The van der Waals surface area contributed by atoms with Gasteiger partial charge in [0.2, 0.25) is 0 Å². The van der Waals surface area contributed by atoms with E-state index in [-0.39, 0.29) is 5.97 Å². The lowest BCUT2D eigenvalue weighted by atomic mass is 10.1. The number of rotatable bonds is 4. The van der Waals surface area contributed by atoms with E-state index >= 15 is 0 Å². The average Bonchev–Trinajstić information content (AvgIpc) is 2.77. The maximum Gasteiger partial charge on any atom is 0.339 e. The van der Waals surface area contributed by atoms with Crippen LogP contribution in [0.4, 0.5) is 0 Å². The van der Waals surface area contributed by atoms with Crippen LogP contribution in [0.15, 0.2) is 36.4 Å². The molecule has 0 amide bonds. The van der Waals surface area contributed by atoms with Gasteiger partial charge in [-0.05, 0) is 25.0 Å². The number of methoxy groups -OCH3 is 1. The Bertz CT molecular complexity index is 570. The van der Waals surface area contributed by atoms with Gasteiger partial charge >= 0.3 is 5.97 Å². The molecule has 1 heterocycles. The van der Waals surface area contributed by atoms with Gasteiger partial charge in [0.05, 0.1) is 12.7 Å². The first-order valence-corrected chi connectivity index (χ1v) is 6.53. The van der Waals surface area contributed by atoms with Crippen molar-refractivity contribution in [2.75, 3.05) is 7.11 Å². The number of esters is 1. The molecule has 0 N–H and O–H groups in total. The highest BCUT2D eigenvalue weighted by Crippen LogP contribution is 2.26. The lowest BCUT2D eigenvalue weighted by Gasteiger charge is -2.10. The van der Waals surface area contributed by atoms with Gasteiger partial charge in [-0.3, -0.25) is 0 Å². The van der Waals surface area contributed by atoms with Crippen molar-refractivity contribution < 1.29 is 9.53 Å². The van der Waals surface area contributed by atoms with Crippen molar-refractivity contribution in [1.29, 1.82) is 0 Å². The number of aromatic nitrogens is 1. The zero-order chi connectivity index (χ0) is 13.8. The second-order valence-corrected chi connectivity index (χ2v) is 4.54. The molecule has 0 bridgehead atoms. The van der Waals surface area contributed by atoms with E-state index in [9.17, 15) is 4.79 Å². The van der Waals surface area contributed by atoms with Crippen LogP contribution in [0.1, 0.15) is 29.4 Å². The molecule has 0 aliphatic carbocycles. The summed E-state index contributed by atoms with van der Waals surface area (Å²) in [7, 11) is 1.42. The maximum absolute atomic E-state index is 11.8. The van der Waals surface area contributed by atoms with Crippen LogP contribution in [0.25, 0.3) is 11.3 Å². The second-order valence-electron chi connectivity index (χ2n) is 4.54. The Kier molecular flexibility index (Phi) is 4.05. The number of hydrogen-bond acceptors (Lipinski definition) is 2. The van der Waals surface area contributed by atoms with E-state index in [0.29, 0.717) is 5.56 Å². The molecular weight excluding hydrogens is 238 g/mol. The van der Waals surface area contributed by atoms with Crippen molar-refractivity contribution in [3.8, 4) is 11.3 Å². The molecule has 19 heavy (non-hydrogen) atoms. The van der Waals surface area contributed by atoms with E-state index < -0.39 is 0 Å². The molecule has 0 spiro atoms. The maximum atomic E-state index is 11.8. The normalized spacial score (nSPS) is 10.5. The van der Waals surface area contributed by atoms with Gasteiger partial charge in [0.15, 0.2) is 0 Å². The van der Waals surface area contributed by atoms with E-state index in [1.807, 2.05) is 31.2 Å². The molecule has 0 atom stereocenters. The van der Waals surface area contributed by atoms with Crippen molar-refractivity contribution in [3.63, 3.8) is 0 Å². The van der Waals surface area contributed by atoms with Crippen molar-refractivity contribution in [2.24, 2.45) is 0 Å². The van der Waals surface area contributed by atoms with Gasteiger partial charge in [0.1, 0.15) is 0 Å². The van der Waals surface area contributed by atoms with Crippen LogP contribution in [-0.4, -0.2) is 17.6 Å². The monoisotopic (exact) mass is 257 g/mol. The van der Waals surface area contributed by atoms with Crippen molar-refractivity contribution in [2.45, 2.75) is 26.8 Å². The van der Waals surface area contributed by atoms with Crippen LogP contribution >= 0.6 is 0 Å². The van der Waals surface area contributed by atoms with Gasteiger partial charge in [0, 0.05) is 17.9 Å². The Hall–Kier alpha value is -2.03. The molecule has 0 unspecified atom stereocenters. The second kappa shape index (κ2) is 5.74. The molecule has 0 aliphatic heterocycles. The van der Waals surface area contributed by atoms with Crippen LogP contribution in [0.3, 0.4) is 0 Å². The number of carbonyl (C=O) groups excluding carboxylic acids is 1. The average molecular weight is 257 g/mol. The largest absolute Gasteiger partial charge is 0.465 e. The van der Waals surface area contributed by atoms with E-state index in [2.05, 4.69) is 23.6 Å². The summed E-state index contributed by atoms with van der Waals surface area (Å²) in [5.41, 5.74) is 3.80. The number of hydrogen-bond donors (Lipinski definition) is 0. The highest BCUT2D eigenvalue weighted by molar-refractivity contribution is 5.92. The lowest BCUT2D eigenvalue weighted by molar-refractivity contribution is 0.0600. The lowest BCUT2D eigenvalue weighted by Crippen LogP contribution is -2.05. The van der Waals surface area contributed by atoms with Crippen LogP contribution in [0, 0.1) is 6.92 Å². The Morgan fingerprint density at radius 1 is 1.26 bits per heavy atom. The molecule has 0 saturated carbocycles. The minimum atomic E-state index is -0.274. The van der Waals surface area contributed by atoms with Crippen LogP contribution < -0.4 is 0 Å². The summed E-state index contributed by atoms with van der Waals surface area (Å²) < 4.78 is 7.03. The minimum absolute atomic E-state index is 0.274. The van der Waals surface area contributed by atoms with Gasteiger partial charge in [0.25, 0.3) is 0 Å². The topological polar surface area (TPSA) is 31.2 Å². The molecule has 1 aromatic heterocycles. The van der Waals surface area contributed by atoms with E-state index in [1.165, 1.54) is 7.11 Å². The molecule has 0 saturated heterocycles. The third-order valence-electron chi connectivity index (χ3n) is 3.29. The van der Waals surface area contributed by atoms with E-state index in [4.69, 9.17) is 4.74 Å². The number of nitrogens with zero attached hydrogens (tertiary/aromatic N) is 1. The summed E-state index contributed by atoms with van der Waals surface area (Å²) >= 11 is 0. The third-order valence-corrected chi connectivity index (χ3v) is 3.29. The third kappa shape index (κ3) is 2.55. The summed E-state index contributed by atoms with van der Waals surface area (Å²) in [6.07, 6.45) is 1.02. The highest BCUT2D eigenvalue weighted by Gasteiger charge is 2.18. The molecule has 2 rings (SSSR count). The van der Waals surface area contributed by atoms with Crippen LogP contribution in [-0.2, 0) is 11.3 Å². The van der Waals surface area contributed by atoms with E-state index in [0.717, 1.165) is 29.9 Å². The zero-order valence-electron chi connectivity index (χ0n) is 11.6. The van der Waals surface area contributed by atoms with Gasteiger partial charge in [-0.1, -0.05) is 37.3 Å². The molecule has 100 valence electrons. The first kappa shape index (κ1) is 13.4. The molecule has 0 radical (unpaired) electrons. The number of carbonyl (C=O) groups is 1. The Labute approximate surface area is 113 Å². The number of ether oxygens (including phenoxy) is 1. The summed E-state index contributed by atoms with van der Waals surface area (Å²) in [4.78, 5) is 11.8. The zero-order valence-corrected chi connectivity index (χ0v) is 11.6. The quantitative estimate of drug-likeness (QED) is 0.783. The standard InChI is InChI=1S/C16H19NO2/c1-4-10-17-12(2)14(16(18)19-3)11-15(17)13-8-6-5-7-9-13/h5-9,11H,4,10H2,1-3H3. The summed E-state index contributed by atoms with van der Waals surface area (Å²) in [5, 5.41) is 0. The van der Waals surface area contributed by atoms with Crippen LogP contribution in [0.5, 0.6) is 0 Å². The van der Waals surface area contributed by atoms with E-state index in [1.54, 1.807) is 0 Å². The van der Waals surface area contributed by atoms with Gasteiger partial charge < -0.3 is 9.30 Å². The Balaban J connectivity index is 2.56. The summed E-state index contributed by atoms with van der Waals surface area (Å²) in [6.45, 7) is 4.99. The molecule has 1 aromatic carbocycles. The van der Waals surface area contributed by atoms with Crippen molar-refractivity contribution in [3.05, 3.63) is 47.7 Å². The molecule has 3 nitrogen and oxygen atoms in total. The minimum Gasteiger partial charge on any atom is -0.465 e. The van der Waals surface area contributed by atoms with Crippen molar-refractivity contribution in [1.82, 2.24) is 4.57 Å². The number of benzene rings is 1. The Morgan fingerprint density at radius 3 is 2.53 bits per heavy atom. The van der Waals surface area contributed by atoms with Gasteiger partial charge in [-0.2, -0.15) is 0 Å². The predicted octanol–water partition coefficient (Wildman–Crippen LogP) is 3.66. The fraction of sp³-hybridized carbons (Fsp3) is 0.312. The summed E-state index contributed by atoms with van der Waals surface area (Å²) in [5.74, 6) is -0.274. The molecule has 3 heteroatoms. The predicted molar refractivity (Wildman–Crippen MR) is 76.2 cm³/mol. The van der Waals surface area contributed by atoms with Crippen molar-refractivity contribution >= 4 is 5.97 Å². The summed E-state index contributed by atoms with van der Waals surface area (Å²) in [6, 6.07) is 12.0. The highest BCUT2D eigenvalue weighted by atomic mass is 16.5. The molecular formula is C16H19NO2. The SMILES string of the molecule is CCCn1c(-c2ccccc2)cc(C(=O)OC)c1C. The smallest absolute Gasteiger partial charge is 0.339 e. The van der Waals surface area contributed by atoms with Crippen LogP contribution in [0.2, 0.25) is 0 Å². The first-order valence-electron chi connectivity index (χ1n) is 6.53. The molecule has 0 fully saturated rings. The fourth-order valence-corrected chi connectivity index (χ4v) is 2.32. The van der Waals surface area contributed by atoms with Gasteiger partial charge in [-0.25, -0.2) is 4.79 Å². The molecule has 2 aromatic rings.